The van der Waals surface area contributed by atoms with Gasteiger partial charge in [0.2, 0.25) is 15.9 Å². The molecular formula is C18H16N4O5S. The minimum absolute atomic E-state index is 0.0274. The maximum absolute atomic E-state index is 12.7. The standard InChI is InChI=1S/C18H16N4O5S/c1-22(11-16-17(23)21-18(24)20-16)28(25,26)15-8-6-14(7-9-15)27-13-4-2-12(10-19)3-5-13/h2-9,23H,11H2,1H3,(H2,20,21,24). The van der Waals surface area contributed by atoms with Gasteiger partial charge < -0.3 is 14.8 Å². The van der Waals surface area contributed by atoms with Crippen LogP contribution in [0.5, 0.6) is 17.4 Å². The van der Waals surface area contributed by atoms with Crippen LogP contribution in [0.2, 0.25) is 0 Å². The predicted molar refractivity (Wildman–Crippen MR) is 99.4 cm³/mol. The highest BCUT2D eigenvalue weighted by molar-refractivity contribution is 7.89. The van der Waals surface area contributed by atoms with Crippen LogP contribution in [0.15, 0.2) is 58.2 Å². The molecule has 2 aromatic carbocycles. The molecule has 0 aliphatic carbocycles. The molecule has 0 saturated heterocycles. The van der Waals surface area contributed by atoms with Crippen LogP contribution in [0.1, 0.15) is 11.3 Å². The number of ether oxygens (including phenoxy) is 1. The minimum Gasteiger partial charge on any atom is -0.493 e. The van der Waals surface area contributed by atoms with Crippen LogP contribution >= 0.6 is 0 Å². The molecule has 0 unspecified atom stereocenters. The molecule has 144 valence electrons. The molecule has 0 aliphatic rings. The van der Waals surface area contributed by atoms with Crippen molar-refractivity contribution in [1.82, 2.24) is 14.3 Å². The fraction of sp³-hybridized carbons (Fsp3) is 0.111. The number of hydrogen-bond donors (Lipinski definition) is 3. The number of hydrogen-bond acceptors (Lipinski definition) is 6. The van der Waals surface area contributed by atoms with Gasteiger partial charge in [-0.25, -0.2) is 13.2 Å². The van der Waals surface area contributed by atoms with Crippen LogP contribution in [0.25, 0.3) is 0 Å². The first-order valence-corrected chi connectivity index (χ1v) is 9.48. The van der Waals surface area contributed by atoms with E-state index < -0.39 is 21.6 Å². The highest BCUT2D eigenvalue weighted by Gasteiger charge is 2.23. The van der Waals surface area contributed by atoms with Gasteiger partial charge in [0.05, 0.1) is 28.8 Å². The number of rotatable bonds is 6. The molecule has 3 aromatic rings. The van der Waals surface area contributed by atoms with Crippen molar-refractivity contribution in [2.24, 2.45) is 0 Å². The summed E-state index contributed by atoms with van der Waals surface area (Å²) in [5.74, 6) is 0.538. The van der Waals surface area contributed by atoms with Crippen molar-refractivity contribution in [3.63, 3.8) is 0 Å². The van der Waals surface area contributed by atoms with Crippen molar-refractivity contribution in [2.75, 3.05) is 7.05 Å². The Balaban J connectivity index is 1.74. The zero-order valence-electron chi connectivity index (χ0n) is 14.7. The fourth-order valence-corrected chi connectivity index (χ4v) is 3.56. The van der Waals surface area contributed by atoms with Crippen LogP contribution in [0.3, 0.4) is 0 Å². The van der Waals surface area contributed by atoms with E-state index in [1.54, 1.807) is 24.3 Å². The van der Waals surface area contributed by atoms with Gasteiger partial charge in [0.15, 0.2) is 0 Å². The molecule has 0 fully saturated rings. The van der Waals surface area contributed by atoms with Crippen molar-refractivity contribution in [3.8, 4) is 23.4 Å². The summed E-state index contributed by atoms with van der Waals surface area (Å²) in [7, 11) is -2.51. The second-order valence-electron chi connectivity index (χ2n) is 5.88. The first kappa shape index (κ1) is 19.2. The summed E-state index contributed by atoms with van der Waals surface area (Å²) in [5.41, 5.74) is -0.0499. The Morgan fingerprint density at radius 2 is 1.64 bits per heavy atom. The van der Waals surface area contributed by atoms with E-state index in [0.29, 0.717) is 17.1 Å². The Bertz CT molecular complexity index is 1170. The van der Waals surface area contributed by atoms with Crippen LogP contribution in [-0.2, 0) is 16.6 Å². The highest BCUT2D eigenvalue weighted by atomic mass is 32.2. The summed E-state index contributed by atoms with van der Waals surface area (Å²) in [6.45, 7) is -0.212. The van der Waals surface area contributed by atoms with Crippen LogP contribution in [-0.4, -0.2) is 34.8 Å². The molecule has 0 amide bonds. The molecule has 1 heterocycles. The molecule has 0 aliphatic heterocycles. The molecule has 0 radical (unpaired) electrons. The van der Waals surface area contributed by atoms with Crippen LogP contribution in [0.4, 0.5) is 0 Å². The summed E-state index contributed by atoms with van der Waals surface area (Å²) in [5, 5.41) is 18.4. The number of imidazole rings is 1. The predicted octanol–water partition coefficient (Wildman–Crippen LogP) is 1.89. The molecule has 0 atom stereocenters. The number of aromatic hydroxyl groups is 1. The van der Waals surface area contributed by atoms with Gasteiger partial charge in [0.25, 0.3) is 0 Å². The van der Waals surface area contributed by atoms with Crippen molar-refractivity contribution in [2.45, 2.75) is 11.4 Å². The maximum atomic E-state index is 12.7. The summed E-state index contributed by atoms with van der Waals surface area (Å²) in [6.07, 6.45) is 0. The summed E-state index contributed by atoms with van der Waals surface area (Å²) in [4.78, 5) is 15.7. The first-order chi connectivity index (χ1) is 13.3. The number of nitriles is 1. The second kappa shape index (κ2) is 7.59. The largest absolute Gasteiger partial charge is 0.493 e. The lowest BCUT2D eigenvalue weighted by molar-refractivity contribution is 0.423. The van der Waals surface area contributed by atoms with Gasteiger partial charge in [-0.05, 0) is 48.5 Å². The van der Waals surface area contributed by atoms with Crippen molar-refractivity contribution < 1.29 is 18.3 Å². The fourth-order valence-electron chi connectivity index (χ4n) is 2.43. The topological polar surface area (TPSA) is 139 Å². The zero-order valence-corrected chi connectivity index (χ0v) is 15.5. The Labute approximate surface area is 160 Å². The SMILES string of the molecule is CN(Cc1[nH]c(=O)[nH]c1O)S(=O)(=O)c1ccc(Oc2ccc(C#N)cc2)cc1. The molecule has 9 nitrogen and oxygen atoms in total. The lowest BCUT2D eigenvalue weighted by Gasteiger charge is -2.16. The molecule has 0 spiro atoms. The Hall–Kier alpha value is -3.55. The van der Waals surface area contributed by atoms with Gasteiger partial charge in [0, 0.05) is 7.05 Å². The number of nitrogens with zero attached hydrogens (tertiary/aromatic N) is 2. The second-order valence-corrected chi connectivity index (χ2v) is 7.92. The average Bonchev–Trinajstić information content (AvgIpc) is 2.99. The number of benzene rings is 2. The van der Waals surface area contributed by atoms with E-state index in [0.717, 1.165) is 4.31 Å². The van der Waals surface area contributed by atoms with Crippen LogP contribution in [0, 0.1) is 11.3 Å². The number of sulfonamides is 1. The van der Waals surface area contributed by atoms with Gasteiger partial charge in [-0.15, -0.1) is 0 Å². The smallest absolute Gasteiger partial charge is 0.326 e. The third-order valence-corrected chi connectivity index (χ3v) is 5.73. The van der Waals surface area contributed by atoms with Gasteiger partial charge in [-0.3, -0.25) is 4.98 Å². The summed E-state index contributed by atoms with van der Waals surface area (Å²) >= 11 is 0. The molecule has 3 rings (SSSR count). The van der Waals surface area contributed by atoms with Crippen molar-refractivity contribution in [1.29, 1.82) is 5.26 Å². The normalized spacial score (nSPS) is 11.3. The Morgan fingerprint density at radius 1 is 1.07 bits per heavy atom. The third kappa shape index (κ3) is 4.06. The number of aromatic nitrogens is 2. The average molecular weight is 400 g/mol. The van der Waals surface area contributed by atoms with Crippen LogP contribution < -0.4 is 10.4 Å². The Kier molecular flexibility index (Phi) is 5.21. The minimum atomic E-state index is -3.85. The van der Waals surface area contributed by atoms with Crippen molar-refractivity contribution >= 4 is 10.0 Å². The molecule has 28 heavy (non-hydrogen) atoms. The number of aromatic amines is 2. The van der Waals surface area contributed by atoms with E-state index in [1.807, 2.05) is 6.07 Å². The number of nitrogens with one attached hydrogen (secondary N) is 2. The zero-order chi connectivity index (χ0) is 20.3. The van der Waals surface area contributed by atoms with E-state index in [-0.39, 0.29) is 17.1 Å². The lowest BCUT2D eigenvalue weighted by atomic mass is 10.2. The number of H-pyrrole nitrogens is 2. The molecular weight excluding hydrogens is 384 g/mol. The van der Waals surface area contributed by atoms with E-state index in [1.165, 1.54) is 31.3 Å². The quantitative estimate of drug-likeness (QED) is 0.577. The highest BCUT2D eigenvalue weighted by Crippen LogP contribution is 2.25. The van der Waals surface area contributed by atoms with Gasteiger partial charge in [-0.1, -0.05) is 0 Å². The van der Waals surface area contributed by atoms with Gasteiger partial charge in [0.1, 0.15) is 11.5 Å². The monoisotopic (exact) mass is 400 g/mol. The lowest BCUT2D eigenvalue weighted by Crippen LogP contribution is -2.26. The van der Waals surface area contributed by atoms with Crippen molar-refractivity contribution in [3.05, 3.63) is 70.3 Å². The van der Waals surface area contributed by atoms with Gasteiger partial charge in [-0.2, -0.15) is 9.57 Å². The van der Waals surface area contributed by atoms with Gasteiger partial charge >= 0.3 is 5.69 Å². The maximum Gasteiger partial charge on any atom is 0.326 e. The summed E-state index contributed by atoms with van der Waals surface area (Å²) < 4.78 is 32.0. The molecule has 10 heteroatoms. The molecule has 1 aromatic heterocycles. The third-order valence-electron chi connectivity index (χ3n) is 3.91. The van der Waals surface area contributed by atoms with E-state index in [2.05, 4.69) is 9.97 Å². The molecule has 0 bridgehead atoms. The van der Waals surface area contributed by atoms with E-state index in [4.69, 9.17) is 10.00 Å². The van der Waals surface area contributed by atoms with E-state index in [9.17, 15) is 18.3 Å². The summed E-state index contributed by atoms with van der Waals surface area (Å²) in [6, 6.07) is 14.3. The van der Waals surface area contributed by atoms with E-state index >= 15 is 0 Å². The molecule has 0 saturated carbocycles. The molecule has 3 N–H and O–H groups in total. The Morgan fingerprint density at radius 3 is 2.14 bits per heavy atom. The first-order valence-electron chi connectivity index (χ1n) is 8.04.